The first-order valence-corrected chi connectivity index (χ1v) is 7.41. The molecule has 0 aromatic carbocycles. The Labute approximate surface area is 108 Å². The monoisotopic (exact) mass is 321 g/mol. The maximum atomic E-state index is 11.9. The summed E-state index contributed by atoms with van der Waals surface area (Å²) >= 11 is 3.18. The SMILES string of the molecule is CCC(C(=O)O)S(=O)(=O)Cc1cncc(Br)c1. The Morgan fingerprint density at radius 1 is 1.53 bits per heavy atom. The molecule has 5 nitrogen and oxygen atoms in total. The van der Waals surface area contributed by atoms with Gasteiger partial charge in [0.2, 0.25) is 0 Å². The maximum absolute atomic E-state index is 11.9. The number of sulfone groups is 1. The second-order valence-electron chi connectivity index (χ2n) is 3.55. The molecule has 0 radical (unpaired) electrons. The summed E-state index contributed by atoms with van der Waals surface area (Å²) < 4.78 is 24.4. The Morgan fingerprint density at radius 2 is 2.18 bits per heavy atom. The van der Waals surface area contributed by atoms with Crippen molar-refractivity contribution < 1.29 is 18.3 Å². The van der Waals surface area contributed by atoms with E-state index in [0.29, 0.717) is 10.0 Å². The number of aliphatic carboxylic acids is 1. The lowest BCUT2D eigenvalue weighted by atomic mass is 10.3. The number of carboxylic acids is 1. The van der Waals surface area contributed by atoms with Crippen molar-refractivity contribution in [3.8, 4) is 0 Å². The van der Waals surface area contributed by atoms with Gasteiger partial charge in [-0.15, -0.1) is 0 Å². The number of nitrogens with zero attached hydrogens (tertiary/aromatic N) is 1. The summed E-state index contributed by atoms with van der Waals surface area (Å²) in [7, 11) is -3.70. The van der Waals surface area contributed by atoms with Crippen molar-refractivity contribution in [1.82, 2.24) is 4.98 Å². The molecule has 0 bridgehead atoms. The minimum atomic E-state index is -3.70. The third kappa shape index (κ3) is 3.78. The Morgan fingerprint density at radius 3 is 2.65 bits per heavy atom. The number of aromatic nitrogens is 1. The van der Waals surface area contributed by atoms with Crippen LogP contribution in [0.3, 0.4) is 0 Å². The quantitative estimate of drug-likeness (QED) is 0.890. The van der Waals surface area contributed by atoms with Crippen molar-refractivity contribution in [1.29, 1.82) is 0 Å². The molecule has 1 aromatic heterocycles. The van der Waals surface area contributed by atoms with Gasteiger partial charge in [0, 0.05) is 16.9 Å². The lowest BCUT2D eigenvalue weighted by Crippen LogP contribution is -2.30. The molecule has 0 saturated carbocycles. The van der Waals surface area contributed by atoms with Crippen LogP contribution in [0.2, 0.25) is 0 Å². The van der Waals surface area contributed by atoms with Crippen LogP contribution in [0.5, 0.6) is 0 Å². The molecule has 0 amide bonds. The highest BCUT2D eigenvalue weighted by Crippen LogP contribution is 2.16. The van der Waals surface area contributed by atoms with Crippen LogP contribution in [0, 0.1) is 0 Å². The predicted octanol–water partition coefficient (Wildman–Crippen LogP) is 1.62. The van der Waals surface area contributed by atoms with Crippen molar-refractivity contribution in [2.45, 2.75) is 24.3 Å². The molecule has 1 atom stereocenters. The topological polar surface area (TPSA) is 84.3 Å². The molecule has 7 heteroatoms. The van der Waals surface area contributed by atoms with E-state index in [2.05, 4.69) is 20.9 Å². The van der Waals surface area contributed by atoms with Gasteiger partial charge in [0.15, 0.2) is 15.1 Å². The average molecular weight is 322 g/mol. The van der Waals surface area contributed by atoms with E-state index in [-0.39, 0.29) is 12.2 Å². The van der Waals surface area contributed by atoms with Gasteiger partial charge in [-0.1, -0.05) is 6.92 Å². The predicted molar refractivity (Wildman–Crippen MR) is 66.3 cm³/mol. The molecule has 1 rings (SSSR count). The van der Waals surface area contributed by atoms with Crippen LogP contribution < -0.4 is 0 Å². The van der Waals surface area contributed by atoms with Gasteiger partial charge in [0.25, 0.3) is 0 Å². The van der Waals surface area contributed by atoms with Crippen molar-refractivity contribution in [2.75, 3.05) is 0 Å². The van der Waals surface area contributed by atoms with E-state index in [1.807, 2.05) is 0 Å². The summed E-state index contributed by atoms with van der Waals surface area (Å²) in [5, 5.41) is 7.48. The number of carboxylic acid groups (broad SMARTS) is 1. The van der Waals surface area contributed by atoms with Gasteiger partial charge in [-0.05, 0) is 34.0 Å². The molecular weight excluding hydrogens is 310 g/mol. The van der Waals surface area contributed by atoms with Gasteiger partial charge < -0.3 is 5.11 Å². The molecule has 0 aliphatic heterocycles. The Bertz CT molecular complexity index is 515. The number of pyridine rings is 1. The van der Waals surface area contributed by atoms with E-state index in [0.717, 1.165) is 0 Å². The molecular formula is C10H12BrNO4S. The van der Waals surface area contributed by atoms with E-state index in [1.54, 1.807) is 6.07 Å². The zero-order valence-corrected chi connectivity index (χ0v) is 11.5. The summed E-state index contributed by atoms with van der Waals surface area (Å²) in [6, 6.07) is 1.61. The van der Waals surface area contributed by atoms with E-state index < -0.39 is 21.1 Å². The van der Waals surface area contributed by atoms with Gasteiger partial charge in [0.05, 0.1) is 5.75 Å². The summed E-state index contributed by atoms with van der Waals surface area (Å²) in [4.78, 5) is 14.7. The highest BCUT2D eigenvalue weighted by molar-refractivity contribution is 9.10. The third-order valence-corrected chi connectivity index (χ3v) is 4.78. The fraction of sp³-hybridized carbons (Fsp3) is 0.400. The zero-order chi connectivity index (χ0) is 13.1. The number of halogens is 1. The molecule has 0 fully saturated rings. The molecule has 1 N–H and O–H groups in total. The normalized spacial score (nSPS) is 13.3. The molecule has 0 spiro atoms. The standard InChI is InChI=1S/C10H12BrNO4S/c1-2-9(10(13)14)17(15,16)6-7-3-8(11)5-12-4-7/h3-5,9H,2,6H2,1H3,(H,13,14). The van der Waals surface area contributed by atoms with Gasteiger partial charge >= 0.3 is 5.97 Å². The molecule has 1 unspecified atom stereocenters. The molecule has 0 aliphatic rings. The Hall–Kier alpha value is -0.950. The highest BCUT2D eigenvalue weighted by atomic mass is 79.9. The summed E-state index contributed by atoms with van der Waals surface area (Å²) in [5.41, 5.74) is 0.471. The lowest BCUT2D eigenvalue weighted by molar-refractivity contribution is -0.136. The van der Waals surface area contributed by atoms with Gasteiger partial charge in [-0.25, -0.2) is 8.42 Å². The number of carbonyl (C=O) groups is 1. The smallest absolute Gasteiger partial charge is 0.321 e. The minimum Gasteiger partial charge on any atom is -0.480 e. The highest BCUT2D eigenvalue weighted by Gasteiger charge is 2.30. The Kier molecular flexibility index (Phi) is 4.64. The number of rotatable bonds is 5. The van der Waals surface area contributed by atoms with Crippen LogP contribution in [0.4, 0.5) is 0 Å². The van der Waals surface area contributed by atoms with E-state index in [1.165, 1.54) is 19.3 Å². The van der Waals surface area contributed by atoms with E-state index in [9.17, 15) is 13.2 Å². The largest absolute Gasteiger partial charge is 0.480 e. The fourth-order valence-electron chi connectivity index (χ4n) is 1.45. The number of hydrogen-bond donors (Lipinski definition) is 1. The second-order valence-corrected chi connectivity index (χ2v) is 6.65. The molecule has 0 saturated heterocycles. The first-order valence-electron chi connectivity index (χ1n) is 4.90. The van der Waals surface area contributed by atoms with Crippen molar-refractivity contribution in [2.24, 2.45) is 0 Å². The van der Waals surface area contributed by atoms with Crippen LogP contribution in [0.1, 0.15) is 18.9 Å². The van der Waals surface area contributed by atoms with Crippen LogP contribution in [0.15, 0.2) is 22.9 Å². The maximum Gasteiger partial charge on any atom is 0.321 e. The van der Waals surface area contributed by atoms with Gasteiger partial charge in [-0.3, -0.25) is 9.78 Å². The van der Waals surface area contributed by atoms with Crippen molar-refractivity contribution in [3.63, 3.8) is 0 Å². The first-order chi connectivity index (χ1) is 7.86. The fourth-order valence-corrected chi connectivity index (χ4v) is 3.50. The Balaban J connectivity index is 2.97. The molecule has 94 valence electrons. The van der Waals surface area contributed by atoms with Crippen LogP contribution >= 0.6 is 15.9 Å². The third-order valence-electron chi connectivity index (χ3n) is 2.21. The molecule has 0 aliphatic carbocycles. The van der Waals surface area contributed by atoms with Gasteiger partial charge in [-0.2, -0.15) is 0 Å². The van der Waals surface area contributed by atoms with Crippen LogP contribution in [-0.4, -0.2) is 29.7 Å². The second kappa shape index (κ2) is 5.59. The molecule has 1 aromatic rings. The van der Waals surface area contributed by atoms with E-state index >= 15 is 0 Å². The average Bonchev–Trinajstić information content (AvgIpc) is 2.16. The van der Waals surface area contributed by atoms with Crippen molar-refractivity contribution >= 4 is 31.7 Å². The van der Waals surface area contributed by atoms with Crippen molar-refractivity contribution in [3.05, 3.63) is 28.5 Å². The lowest BCUT2D eigenvalue weighted by Gasteiger charge is -2.11. The summed E-state index contributed by atoms with van der Waals surface area (Å²) in [6.45, 7) is 1.54. The van der Waals surface area contributed by atoms with E-state index in [4.69, 9.17) is 5.11 Å². The molecule has 1 heterocycles. The van der Waals surface area contributed by atoms with Crippen LogP contribution in [-0.2, 0) is 20.4 Å². The molecule has 17 heavy (non-hydrogen) atoms. The minimum absolute atomic E-state index is 0.0547. The summed E-state index contributed by atoms with van der Waals surface area (Å²) in [6.07, 6.45) is 3.00. The van der Waals surface area contributed by atoms with Gasteiger partial charge in [0.1, 0.15) is 0 Å². The van der Waals surface area contributed by atoms with Crippen LogP contribution in [0.25, 0.3) is 0 Å². The zero-order valence-electron chi connectivity index (χ0n) is 9.13. The summed E-state index contributed by atoms with van der Waals surface area (Å²) in [5.74, 6) is -1.62. The first kappa shape index (κ1) is 14.1. The number of hydrogen-bond acceptors (Lipinski definition) is 4.